The summed E-state index contributed by atoms with van der Waals surface area (Å²) in [6.07, 6.45) is 10.4. The van der Waals surface area contributed by atoms with E-state index in [1.807, 2.05) is 133 Å². The summed E-state index contributed by atoms with van der Waals surface area (Å²) in [6, 6.07) is 28.9. The average molecular weight is 1500 g/mol. The van der Waals surface area contributed by atoms with Crippen molar-refractivity contribution in [2.24, 2.45) is 40.1 Å². The fourth-order valence-electron chi connectivity index (χ4n) is 13.2. The number of hydrogen-bond donors (Lipinski definition) is 19. The molecular weight excluding hydrogens is 1390 g/mol. The summed E-state index contributed by atoms with van der Waals surface area (Å²) >= 11 is 0. The predicted octanol–water partition coefficient (Wildman–Crippen LogP) is 3.42. The molecular formula is C80H110N18O11. The maximum atomic E-state index is 15.6. The lowest BCUT2D eigenvalue weighted by Gasteiger charge is -2.31. The predicted molar refractivity (Wildman–Crippen MR) is 421 cm³/mol. The lowest BCUT2D eigenvalue weighted by molar-refractivity contribution is -0.136. The number of primary amides is 1. The van der Waals surface area contributed by atoms with E-state index < -0.39 is 119 Å². The molecule has 0 aliphatic rings. The number of carboxylic acids is 1. The first-order valence-electron chi connectivity index (χ1n) is 37.6. The number of nitrogens with two attached hydrogens (primary N) is 7. The van der Waals surface area contributed by atoms with Crippen LogP contribution in [0.5, 0.6) is 0 Å². The number of unbranched alkanes of at least 4 members (excludes halogenated alkanes) is 5. The molecule has 5 aromatic carbocycles. The molecule has 8 rings (SSSR count). The number of H-pyrrole nitrogens is 3. The first-order valence-corrected chi connectivity index (χ1v) is 37.6. The van der Waals surface area contributed by atoms with E-state index in [4.69, 9.17) is 50.0 Å². The van der Waals surface area contributed by atoms with E-state index >= 15 is 28.8 Å². The molecule has 0 radical (unpaired) electrons. The highest BCUT2D eigenvalue weighted by Crippen LogP contribution is 2.30. The van der Waals surface area contributed by atoms with Crippen LogP contribution in [0.1, 0.15) is 137 Å². The molecule has 0 spiro atoms. The van der Waals surface area contributed by atoms with Crippen LogP contribution in [0.4, 0.5) is 0 Å². The molecule has 0 saturated carbocycles. The zero-order valence-corrected chi connectivity index (χ0v) is 62.0. The number of fused-ring (bicyclic) bond motifs is 3. The van der Waals surface area contributed by atoms with E-state index in [2.05, 4.69) is 57.5 Å². The van der Waals surface area contributed by atoms with Gasteiger partial charge in [-0.1, -0.05) is 122 Å². The van der Waals surface area contributed by atoms with Gasteiger partial charge in [-0.3, -0.25) is 47.9 Å². The van der Waals surface area contributed by atoms with E-state index in [9.17, 15) is 14.4 Å². The SMILES string of the molecule is CC(=O)O.NCCCC[C@H](NC(=O)[C@@H](NC(=O)[C@H](Cc1c[nH]c2ccccc12)NC(=O)[C@H](CCCCN)NC(=O)[C@H](CCCCN)NC(=O)[C@H](Cc1c[nH]c2ccccc12)NC(=O)[C@H](Cc1c[nH]c2ccccc12)NC(=O)[C@H](CCCCN)NC(=O)[C@@H](N)CCCCN)C(c1ccccc1)c1ccccc1)C(N)=O. The maximum Gasteiger partial charge on any atom is 0.300 e. The van der Waals surface area contributed by atoms with Crippen LogP contribution in [0, 0.1) is 0 Å². The normalized spacial score (nSPS) is 13.8. The highest BCUT2D eigenvalue weighted by atomic mass is 16.4. The highest BCUT2D eigenvalue weighted by molar-refractivity contribution is 6.00. The summed E-state index contributed by atoms with van der Waals surface area (Å²) < 4.78 is 0. The zero-order valence-electron chi connectivity index (χ0n) is 62.0. The van der Waals surface area contributed by atoms with Gasteiger partial charge < -0.3 is 103 Å². The second kappa shape index (κ2) is 45.1. The fraction of sp³-hybridized carbons (Fsp3) is 0.425. The third-order valence-electron chi connectivity index (χ3n) is 19.1. The number of amides is 9. The molecule has 29 nitrogen and oxygen atoms in total. The summed E-state index contributed by atoms with van der Waals surface area (Å²) in [5.41, 5.74) is 47.2. The number of aliphatic carboxylic acids is 1. The van der Waals surface area contributed by atoms with Crippen LogP contribution in [-0.4, -0.2) is 166 Å². The first-order chi connectivity index (χ1) is 52.7. The molecule has 0 aliphatic carbocycles. The van der Waals surface area contributed by atoms with E-state index in [-0.39, 0.29) is 58.0 Å². The smallest absolute Gasteiger partial charge is 0.300 e. The van der Waals surface area contributed by atoms with Gasteiger partial charge in [-0.15, -0.1) is 0 Å². The van der Waals surface area contributed by atoms with E-state index in [0.717, 1.165) is 39.6 Å². The van der Waals surface area contributed by atoms with Gasteiger partial charge in [0.05, 0.1) is 6.04 Å². The highest BCUT2D eigenvalue weighted by Gasteiger charge is 2.39. The van der Waals surface area contributed by atoms with Crippen molar-refractivity contribution in [2.45, 2.75) is 183 Å². The van der Waals surface area contributed by atoms with Crippen molar-refractivity contribution >= 4 is 91.8 Å². The third kappa shape index (κ3) is 26.5. The van der Waals surface area contributed by atoms with Crippen LogP contribution >= 0.6 is 0 Å². The summed E-state index contributed by atoms with van der Waals surface area (Å²) in [6.45, 7) is 2.67. The Labute approximate surface area is 635 Å². The summed E-state index contributed by atoms with van der Waals surface area (Å²) in [7, 11) is 0. The number of hydrogen-bond acceptors (Lipinski definition) is 16. The van der Waals surface area contributed by atoms with Crippen LogP contribution in [0.15, 0.2) is 152 Å². The van der Waals surface area contributed by atoms with Gasteiger partial charge in [0.2, 0.25) is 53.2 Å². The fourth-order valence-corrected chi connectivity index (χ4v) is 13.2. The Bertz CT molecular complexity index is 4180. The van der Waals surface area contributed by atoms with E-state index in [0.29, 0.717) is 118 Å². The van der Waals surface area contributed by atoms with Gasteiger partial charge in [0.25, 0.3) is 5.97 Å². The lowest BCUT2D eigenvalue weighted by Crippen LogP contribution is -2.61. The molecule has 9 amide bonds. The number of para-hydroxylation sites is 3. The Balaban J connectivity index is 0.00000403. The van der Waals surface area contributed by atoms with Crippen LogP contribution in [0.25, 0.3) is 32.7 Å². The summed E-state index contributed by atoms with van der Waals surface area (Å²) in [5, 5.41) is 33.1. The largest absolute Gasteiger partial charge is 0.481 e. The number of carbonyl (C=O) groups excluding carboxylic acids is 9. The van der Waals surface area contributed by atoms with Crippen molar-refractivity contribution < 1.29 is 53.1 Å². The van der Waals surface area contributed by atoms with Crippen LogP contribution in [0.2, 0.25) is 0 Å². The van der Waals surface area contributed by atoms with Crippen molar-refractivity contribution in [3.8, 4) is 0 Å². The van der Waals surface area contributed by atoms with Crippen molar-refractivity contribution in [1.82, 2.24) is 57.5 Å². The third-order valence-corrected chi connectivity index (χ3v) is 19.1. The van der Waals surface area contributed by atoms with E-state index in [1.54, 1.807) is 18.6 Å². The van der Waals surface area contributed by atoms with Gasteiger partial charge in [0.15, 0.2) is 0 Å². The van der Waals surface area contributed by atoms with Gasteiger partial charge >= 0.3 is 0 Å². The van der Waals surface area contributed by atoms with Gasteiger partial charge in [0, 0.05) is 83.4 Å². The second-order valence-electron chi connectivity index (χ2n) is 27.4. The molecule has 586 valence electrons. The number of rotatable bonds is 46. The van der Waals surface area contributed by atoms with Crippen LogP contribution in [0.3, 0.4) is 0 Å². The minimum Gasteiger partial charge on any atom is -0.481 e. The zero-order chi connectivity index (χ0) is 78.6. The Hall–Kier alpha value is -10.8. The molecule has 0 aliphatic heterocycles. The second-order valence-corrected chi connectivity index (χ2v) is 27.4. The van der Waals surface area contributed by atoms with E-state index in [1.165, 1.54) is 0 Å². The molecule has 9 atom stereocenters. The molecule has 0 unspecified atom stereocenters. The van der Waals surface area contributed by atoms with Gasteiger partial charge in [-0.05, 0) is 169 Å². The average Bonchev–Trinajstić information content (AvgIpc) is 1.10. The molecule has 0 fully saturated rings. The molecule has 0 bridgehead atoms. The molecule has 109 heavy (non-hydrogen) atoms. The van der Waals surface area contributed by atoms with Gasteiger partial charge in [0.1, 0.15) is 48.3 Å². The Morgan fingerprint density at radius 2 is 0.606 bits per heavy atom. The van der Waals surface area contributed by atoms with Crippen LogP contribution < -0.4 is 82.7 Å². The minimum atomic E-state index is -1.43. The number of nitrogens with one attached hydrogen (secondary N) is 11. The maximum absolute atomic E-state index is 15.6. The number of benzene rings is 5. The number of aromatic nitrogens is 3. The quantitative estimate of drug-likeness (QED) is 0.0243. The van der Waals surface area contributed by atoms with Gasteiger partial charge in [-0.2, -0.15) is 0 Å². The van der Waals surface area contributed by atoms with Crippen LogP contribution in [-0.2, 0) is 67.2 Å². The van der Waals surface area contributed by atoms with Crippen molar-refractivity contribution in [3.63, 3.8) is 0 Å². The minimum absolute atomic E-state index is 0.0232. The lowest BCUT2D eigenvalue weighted by atomic mass is 9.84. The Kier molecular flexibility index (Phi) is 35.3. The number of carboxylic acid groups (broad SMARTS) is 1. The van der Waals surface area contributed by atoms with Crippen molar-refractivity contribution in [2.75, 3.05) is 32.7 Å². The van der Waals surface area contributed by atoms with Gasteiger partial charge in [-0.25, -0.2) is 0 Å². The molecule has 8 aromatic rings. The molecule has 3 heterocycles. The molecule has 26 N–H and O–H groups in total. The number of carbonyl (C=O) groups is 10. The Morgan fingerprint density at radius 1 is 0.339 bits per heavy atom. The molecule has 3 aromatic heterocycles. The summed E-state index contributed by atoms with van der Waals surface area (Å²) in [4.78, 5) is 152. The Morgan fingerprint density at radius 3 is 0.936 bits per heavy atom. The first kappa shape index (κ1) is 85.4. The van der Waals surface area contributed by atoms with Crippen molar-refractivity contribution in [1.29, 1.82) is 0 Å². The molecule has 0 saturated heterocycles. The standard InChI is InChI=1S/C78H106N18O9.C2H4O2/c79-38-18-13-30-57(84)71(98)90-62(35-15-20-40-81)73(100)93-66(44-52-47-87-59-32-11-8-28-55(52)59)76(103)95-65(43-51-46-86-58-31-10-7-27-54(51)58)75(102)92-63(36-16-21-41-82)72(99)91-64(37-17-22-42-83)74(101)94-67(45-53-48-88-60-33-12-9-29-56(53)60)77(104)96-69(78(105)89-61(70(85)97)34-14-19-39-80)68(49-23-3-1-4-24-49)50-25-5-2-6-26-50;1-2(3)4/h1-12,23-29,31-33,46-48,57,61-69,86-88H,13-22,30,34-45,79-84H2,(H2,85,97)(H,89,105)(H,90,98)(H,91,99)(H,92,102)(H,93,100)(H,94,101)(H,95,103)(H,96,104);1H3,(H,3,4)/t57-,61-,62-,63-,64-,65-,66-,67-,69-;/m0./s1. The van der Waals surface area contributed by atoms with Crippen molar-refractivity contribution in [3.05, 3.63) is 180 Å². The summed E-state index contributed by atoms with van der Waals surface area (Å²) in [5.74, 6) is -8.28. The monoisotopic (exact) mass is 1500 g/mol. The number of aromatic amines is 3. The topological polar surface area (TPSA) is 517 Å². The molecule has 29 heteroatoms.